The molecule has 2 rings (SSSR count). The Balaban J connectivity index is 1.96. The fourth-order valence-electron chi connectivity index (χ4n) is 2.42. The number of nitrogens with two attached hydrogens (primary N) is 1. The summed E-state index contributed by atoms with van der Waals surface area (Å²) in [7, 11) is -3.40. The number of sulfonamides is 1. The molecule has 1 aliphatic carbocycles. The summed E-state index contributed by atoms with van der Waals surface area (Å²) in [4.78, 5) is 0.272. The highest BCUT2D eigenvalue weighted by Gasteiger charge is 2.20. The summed E-state index contributed by atoms with van der Waals surface area (Å²) in [5, 5.41) is 0. The maximum absolute atomic E-state index is 12.0. The molecule has 1 aromatic rings. The normalized spacial score (nSPS) is 23.0. The van der Waals surface area contributed by atoms with Crippen molar-refractivity contribution in [2.75, 3.05) is 6.54 Å². The van der Waals surface area contributed by atoms with E-state index in [0.717, 1.165) is 32.1 Å². The molecule has 0 unspecified atom stereocenters. The quantitative estimate of drug-likeness (QED) is 0.842. The zero-order valence-corrected chi connectivity index (χ0v) is 13.2. The first-order valence-corrected chi connectivity index (χ1v) is 9.01. The first-order valence-electron chi connectivity index (χ1n) is 7.53. The average molecular weight is 312 g/mol. The van der Waals surface area contributed by atoms with Crippen LogP contribution in [0.4, 0.5) is 0 Å². The van der Waals surface area contributed by atoms with Crippen molar-refractivity contribution in [1.29, 1.82) is 0 Å². The van der Waals surface area contributed by atoms with Crippen molar-refractivity contribution in [3.05, 3.63) is 24.3 Å². The summed E-state index contributed by atoms with van der Waals surface area (Å²) in [6.07, 6.45) is 4.84. The van der Waals surface area contributed by atoms with Gasteiger partial charge in [0.15, 0.2) is 0 Å². The summed E-state index contributed by atoms with van der Waals surface area (Å²) in [6, 6.07) is 6.90. The minimum atomic E-state index is -3.40. The highest BCUT2D eigenvalue weighted by molar-refractivity contribution is 7.89. The molecule has 0 saturated heterocycles. The molecule has 0 heterocycles. The van der Waals surface area contributed by atoms with Crippen molar-refractivity contribution in [1.82, 2.24) is 4.72 Å². The molecule has 0 radical (unpaired) electrons. The van der Waals surface area contributed by atoms with Gasteiger partial charge < -0.3 is 10.5 Å². The fraction of sp³-hybridized carbons (Fsp3) is 0.600. The van der Waals surface area contributed by atoms with Gasteiger partial charge in [0.1, 0.15) is 5.75 Å². The lowest BCUT2D eigenvalue weighted by Crippen LogP contribution is -2.31. The third-order valence-corrected chi connectivity index (χ3v) is 5.17. The van der Waals surface area contributed by atoms with Crippen LogP contribution in [0.3, 0.4) is 0 Å². The van der Waals surface area contributed by atoms with Crippen LogP contribution in [-0.4, -0.2) is 27.1 Å². The van der Waals surface area contributed by atoms with Gasteiger partial charge >= 0.3 is 0 Å². The maximum atomic E-state index is 12.0. The standard InChI is InChI=1S/C15H24N2O3S/c1-2-11-17-21(18,19)15-9-7-14(8-10-15)20-13-5-3-12(16)4-6-13/h7-10,12-13,17H,2-6,11,16H2,1H3. The monoisotopic (exact) mass is 312 g/mol. The number of ether oxygens (including phenoxy) is 1. The van der Waals surface area contributed by atoms with E-state index in [0.29, 0.717) is 18.3 Å². The smallest absolute Gasteiger partial charge is 0.240 e. The Hall–Kier alpha value is -1.11. The molecule has 21 heavy (non-hydrogen) atoms. The molecule has 1 aromatic carbocycles. The first kappa shape index (κ1) is 16.3. The molecule has 6 heteroatoms. The van der Waals surface area contributed by atoms with Crippen LogP contribution in [0.15, 0.2) is 29.2 Å². The van der Waals surface area contributed by atoms with E-state index in [1.165, 1.54) is 0 Å². The summed E-state index contributed by atoms with van der Waals surface area (Å²) < 4.78 is 32.4. The molecular weight excluding hydrogens is 288 g/mol. The van der Waals surface area contributed by atoms with E-state index >= 15 is 0 Å². The Morgan fingerprint density at radius 3 is 2.38 bits per heavy atom. The van der Waals surface area contributed by atoms with Crippen LogP contribution >= 0.6 is 0 Å². The molecule has 118 valence electrons. The zero-order chi connectivity index (χ0) is 15.3. The van der Waals surface area contributed by atoms with Crippen LogP contribution in [0, 0.1) is 0 Å². The van der Waals surface area contributed by atoms with E-state index in [9.17, 15) is 8.42 Å². The molecule has 0 spiro atoms. The molecule has 3 N–H and O–H groups in total. The van der Waals surface area contributed by atoms with E-state index in [1.54, 1.807) is 24.3 Å². The molecule has 0 bridgehead atoms. The second-order valence-electron chi connectivity index (χ2n) is 5.52. The number of nitrogens with one attached hydrogen (secondary N) is 1. The van der Waals surface area contributed by atoms with Gasteiger partial charge in [0.25, 0.3) is 0 Å². The average Bonchev–Trinajstić information content (AvgIpc) is 2.48. The number of hydrogen-bond donors (Lipinski definition) is 2. The highest BCUT2D eigenvalue weighted by atomic mass is 32.2. The van der Waals surface area contributed by atoms with Gasteiger partial charge in [0, 0.05) is 12.6 Å². The predicted molar refractivity (Wildman–Crippen MR) is 82.8 cm³/mol. The van der Waals surface area contributed by atoms with Crippen LogP contribution in [0.1, 0.15) is 39.0 Å². The van der Waals surface area contributed by atoms with Crippen molar-refractivity contribution in [2.45, 2.75) is 56.1 Å². The van der Waals surface area contributed by atoms with Crippen molar-refractivity contribution < 1.29 is 13.2 Å². The molecule has 0 aromatic heterocycles. The van der Waals surface area contributed by atoms with Crippen LogP contribution < -0.4 is 15.2 Å². The second kappa shape index (κ2) is 7.24. The Morgan fingerprint density at radius 1 is 1.19 bits per heavy atom. The number of rotatable bonds is 6. The number of hydrogen-bond acceptors (Lipinski definition) is 4. The third kappa shape index (κ3) is 4.69. The molecule has 0 amide bonds. The van der Waals surface area contributed by atoms with Crippen molar-refractivity contribution in [3.8, 4) is 5.75 Å². The van der Waals surface area contributed by atoms with E-state index < -0.39 is 10.0 Å². The zero-order valence-electron chi connectivity index (χ0n) is 12.4. The number of benzene rings is 1. The van der Waals surface area contributed by atoms with Gasteiger partial charge in [0.2, 0.25) is 10.0 Å². The van der Waals surface area contributed by atoms with Gasteiger partial charge in [-0.1, -0.05) is 6.92 Å². The van der Waals surface area contributed by atoms with Crippen molar-refractivity contribution >= 4 is 10.0 Å². The molecular formula is C15H24N2O3S. The lowest BCUT2D eigenvalue weighted by molar-refractivity contribution is 0.147. The summed E-state index contributed by atoms with van der Waals surface area (Å²) in [6.45, 7) is 2.37. The SMILES string of the molecule is CCCNS(=O)(=O)c1ccc(OC2CCC(N)CC2)cc1. The van der Waals surface area contributed by atoms with Gasteiger partial charge in [-0.05, 0) is 56.4 Å². The van der Waals surface area contributed by atoms with Crippen LogP contribution in [0.5, 0.6) is 5.75 Å². The topological polar surface area (TPSA) is 81.4 Å². The largest absolute Gasteiger partial charge is 0.490 e. The van der Waals surface area contributed by atoms with E-state index in [2.05, 4.69) is 4.72 Å². The molecule has 1 saturated carbocycles. The van der Waals surface area contributed by atoms with Crippen molar-refractivity contribution in [3.63, 3.8) is 0 Å². The van der Waals surface area contributed by atoms with E-state index in [4.69, 9.17) is 10.5 Å². The van der Waals surface area contributed by atoms with Crippen LogP contribution in [-0.2, 0) is 10.0 Å². The minimum absolute atomic E-state index is 0.186. The first-order chi connectivity index (χ1) is 10.0. The van der Waals surface area contributed by atoms with Gasteiger partial charge in [-0.25, -0.2) is 13.1 Å². The predicted octanol–water partition coefficient (Wildman–Crippen LogP) is 2.02. The Morgan fingerprint density at radius 2 is 1.81 bits per heavy atom. The maximum Gasteiger partial charge on any atom is 0.240 e. The fourth-order valence-corrected chi connectivity index (χ4v) is 3.55. The Bertz CT molecular complexity index is 535. The van der Waals surface area contributed by atoms with E-state index in [1.807, 2.05) is 6.92 Å². The lowest BCUT2D eigenvalue weighted by Gasteiger charge is -2.26. The van der Waals surface area contributed by atoms with Gasteiger partial charge in [-0.15, -0.1) is 0 Å². The summed E-state index contributed by atoms with van der Waals surface area (Å²) >= 11 is 0. The summed E-state index contributed by atoms with van der Waals surface area (Å²) in [5.41, 5.74) is 5.87. The van der Waals surface area contributed by atoms with Gasteiger partial charge in [-0.2, -0.15) is 0 Å². The van der Waals surface area contributed by atoms with E-state index in [-0.39, 0.29) is 11.0 Å². The lowest BCUT2D eigenvalue weighted by atomic mass is 9.94. The molecule has 0 atom stereocenters. The van der Waals surface area contributed by atoms with Crippen LogP contribution in [0.25, 0.3) is 0 Å². The minimum Gasteiger partial charge on any atom is -0.490 e. The van der Waals surface area contributed by atoms with Crippen molar-refractivity contribution in [2.24, 2.45) is 5.73 Å². The molecule has 0 aliphatic heterocycles. The summed E-state index contributed by atoms with van der Waals surface area (Å²) in [5.74, 6) is 0.713. The Kier molecular flexibility index (Phi) is 5.61. The molecule has 5 nitrogen and oxygen atoms in total. The van der Waals surface area contributed by atoms with Gasteiger partial charge in [-0.3, -0.25) is 0 Å². The molecule has 1 fully saturated rings. The highest BCUT2D eigenvalue weighted by Crippen LogP contribution is 2.24. The Labute approximate surface area is 126 Å². The second-order valence-corrected chi connectivity index (χ2v) is 7.29. The third-order valence-electron chi connectivity index (χ3n) is 3.70. The van der Waals surface area contributed by atoms with Crippen LogP contribution in [0.2, 0.25) is 0 Å². The molecule has 1 aliphatic rings. The van der Waals surface area contributed by atoms with Gasteiger partial charge in [0.05, 0.1) is 11.0 Å².